The smallest absolute Gasteiger partial charge is 0.254 e. The van der Waals surface area contributed by atoms with Crippen LogP contribution in [0, 0.1) is 5.82 Å². The molecule has 5 rings (SSSR count). The number of carbonyl (C=O) groups excluding carboxylic acids is 1. The van der Waals surface area contributed by atoms with Crippen LogP contribution < -0.4 is 4.74 Å². The van der Waals surface area contributed by atoms with Gasteiger partial charge >= 0.3 is 0 Å². The van der Waals surface area contributed by atoms with E-state index in [9.17, 15) is 9.18 Å². The van der Waals surface area contributed by atoms with Crippen LogP contribution in [0.4, 0.5) is 4.39 Å². The fourth-order valence-corrected chi connectivity index (χ4v) is 4.33. The maximum absolute atomic E-state index is 13.6. The Morgan fingerprint density at radius 3 is 2.79 bits per heavy atom. The standard InChI is InChI=1S/C26H24FN5O2/c27-21-8-3-9-22(16-21)34-25-24(28-12-13-29-25)20-7-4-14-31(17-20)26(33)23-10-2-1-6-19(23)18-32-15-5-11-30-32/h1-3,5-6,8-13,15-16,20H,4,7,14,17-18H2/t20-/m0/s1. The summed E-state index contributed by atoms with van der Waals surface area (Å²) < 4.78 is 21.3. The number of piperidine rings is 1. The van der Waals surface area contributed by atoms with Gasteiger partial charge in [-0.1, -0.05) is 24.3 Å². The number of ether oxygens (including phenoxy) is 1. The zero-order valence-corrected chi connectivity index (χ0v) is 18.5. The van der Waals surface area contributed by atoms with Gasteiger partial charge in [-0.3, -0.25) is 14.5 Å². The van der Waals surface area contributed by atoms with Gasteiger partial charge in [0.25, 0.3) is 5.91 Å². The molecule has 0 aliphatic carbocycles. The van der Waals surface area contributed by atoms with Crippen molar-refractivity contribution < 1.29 is 13.9 Å². The second kappa shape index (κ2) is 9.82. The molecule has 0 radical (unpaired) electrons. The monoisotopic (exact) mass is 457 g/mol. The number of likely N-dealkylation sites (tertiary alicyclic amines) is 1. The highest BCUT2D eigenvalue weighted by Crippen LogP contribution is 2.33. The summed E-state index contributed by atoms with van der Waals surface area (Å²) in [5, 5.41) is 4.26. The summed E-state index contributed by atoms with van der Waals surface area (Å²) in [7, 11) is 0. The number of hydrogen-bond acceptors (Lipinski definition) is 5. The second-order valence-electron chi connectivity index (χ2n) is 8.26. The topological polar surface area (TPSA) is 73.1 Å². The number of nitrogens with zero attached hydrogens (tertiary/aromatic N) is 5. The van der Waals surface area contributed by atoms with Crippen molar-refractivity contribution in [3.05, 3.63) is 102 Å². The molecule has 0 spiro atoms. The van der Waals surface area contributed by atoms with Crippen LogP contribution in [-0.2, 0) is 6.54 Å². The highest BCUT2D eigenvalue weighted by atomic mass is 19.1. The molecule has 3 heterocycles. The van der Waals surface area contributed by atoms with Crippen molar-refractivity contribution in [2.24, 2.45) is 0 Å². The minimum atomic E-state index is -0.383. The largest absolute Gasteiger partial charge is 0.437 e. The molecular formula is C26H24FN5O2. The van der Waals surface area contributed by atoms with Crippen LogP contribution in [0.3, 0.4) is 0 Å². The van der Waals surface area contributed by atoms with E-state index in [2.05, 4.69) is 15.1 Å². The Morgan fingerprint density at radius 1 is 1.06 bits per heavy atom. The van der Waals surface area contributed by atoms with Gasteiger partial charge in [0.2, 0.25) is 5.88 Å². The molecule has 0 unspecified atom stereocenters. The summed E-state index contributed by atoms with van der Waals surface area (Å²) in [6.07, 6.45) is 8.48. The molecule has 1 fully saturated rings. The van der Waals surface area contributed by atoms with Crippen molar-refractivity contribution in [1.82, 2.24) is 24.6 Å². The van der Waals surface area contributed by atoms with E-state index in [4.69, 9.17) is 4.74 Å². The first-order valence-electron chi connectivity index (χ1n) is 11.3. The Hall–Kier alpha value is -4.07. The van der Waals surface area contributed by atoms with Gasteiger partial charge in [0.1, 0.15) is 17.3 Å². The third-order valence-corrected chi connectivity index (χ3v) is 5.94. The molecule has 2 aromatic carbocycles. The fourth-order valence-electron chi connectivity index (χ4n) is 4.33. The molecule has 8 heteroatoms. The fraction of sp³-hybridized carbons (Fsp3) is 0.231. The quantitative estimate of drug-likeness (QED) is 0.421. The maximum atomic E-state index is 13.6. The van der Waals surface area contributed by atoms with Crippen LogP contribution in [-0.4, -0.2) is 43.6 Å². The van der Waals surface area contributed by atoms with E-state index in [1.165, 1.54) is 12.1 Å². The van der Waals surface area contributed by atoms with Gasteiger partial charge in [0, 0.05) is 55.4 Å². The molecule has 1 amide bonds. The number of rotatable bonds is 6. The second-order valence-corrected chi connectivity index (χ2v) is 8.26. The summed E-state index contributed by atoms with van der Waals surface area (Å²) in [6, 6.07) is 15.4. The molecule has 0 N–H and O–H groups in total. The summed E-state index contributed by atoms with van der Waals surface area (Å²) in [6.45, 7) is 1.71. The van der Waals surface area contributed by atoms with Gasteiger partial charge in [0.15, 0.2) is 0 Å². The van der Waals surface area contributed by atoms with Gasteiger partial charge in [-0.2, -0.15) is 5.10 Å². The number of aromatic nitrogens is 4. The van der Waals surface area contributed by atoms with Crippen LogP contribution in [0.15, 0.2) is 79.4 Å². The van der Waals surface area contributed by atoms with E-state index in [1.54, 1.807) is 35.4 Å². The number of benzene rings is 2. The highest BCUT2D eigenvalue weighted by molar-refractivity contribution is 5.95. The van der Waals surface area contributed by atoms with Crippen LogP contribution in [0.25, 0.3) is 0 Å². The number of carbonyl (C=O) groups is 1. The van der Waals surface area contributed by atoms with Gasteiger partial charge in [0.05, 0.1) is 6.54 Å². The Kier molecular flexibility index (Phi) is 6.29. The van der Waals surface area contributed by atoms with Gasteiger partial charge in [-0.15, -0.1) is 0 Å². The van der Waals surface area contributed by atoms with E-state index in [-0.39, 0.29) is 17.6 Å². The lowest BCUT2D eigenvalue weighted by Crippen LogP contribution is -2.39. The van der Waals surface area contributed by atoms with Gasteiger partial charge < -0.3 is 9.64 Å². The molecule has 4 aromatic rings. The average molecular weight is 458 g/mol. The zero-order valence-electron chi connectivity index (χ0n) is 18.5. The Morgan fingerprint density at radius 2 is 1.94 bits per heavy atom. The first-order chi connectivity index (χ1) is 16.7. The van der Waals surface area contributed by atoms with Crippen LogP contribution in [0.2, 0.25) is 0 Å². The third-order valence-electron chi connectivity index (χ3n) is 5.94. The Bertz CT molecular complexity index is 1280. The maximum Gasteiger partial charge on any atom is 0.254 e. The molecule has 172 valence electrons. The zero-order chi connectivity index (χ0) is 23.3. The number of halogens is 1. The molecule has 1 aliphatic heterocycles. The van der Waals surface area contributed by atoms with Crippen molar-refractivity contribution >= 4 is 5.91 Å². The lowest BCUT2D eigenvalue weighted by atomic mass is 9.93. The molecule has 2 aromatic heterocycles. The molecule has 1 atom stereocenters. The summed E-state index contributed by atoms with van der Waals surface area (Å²) in [5.74, 6) is 0.271. The third kappa shape index (κ3) is 4.80. The Balaban J connectivity index is 1.36. The summed E-state index contributed by atoms with van der Waals surface area (Å²) >= 11 is 0. The Labute approximate surface area is 196 Å². The van der Waals surface area contributed by atoms with Crippen molar-refractivity contribution in [2.75, 3.05) is 13.1 Å². The van der Waals surface area contributed by atoms with Crippen molar-refractivity contribution in [1.29, 1.82) is 0 Å². The molecule has 1 aliphatic rings. The molecule has 0 bridgehead atoms. The van der Waals surface area contributed by atoms with E-state index in [1.807, 2.05) is 41.4 Å². The lowest BCUT2D eigenvalue weighted by molar-refractivity contribution is 0.0703. The minimum Gasteiger partial charge on any atom is -0.437 e. The van der Waals surface area contributed by atoms with Gasteiger partial charge in [-0.25, -0.2) is 9.37 Å². The normalized spacial score (nSPS) is 15.8. The van der Waals surface area contributed by atoms with Crippen LogP contribution >= 0.6 is 0 Å². The molecule has 34 heavy (non-hydrogen) atoms. The molecular weight excluding hydrogens is 433 g/mol. The van der Waals surface area contributed by atoms with Crippen molar-refractivity contribution in [2.45, 2.75) is 25.3 Å². The molecule has 0 saturated carbocycles. The van der Waals surface area contributed by atoms with E-state index >= 15 is 0 Å². The first kappa shape index (κ1) is 21.8. The predicted molar refractivity (Wildman–Crippen MR) is 124 cm³/mol. The first-order valence-corrected chi connectivity index (χ1v) is 11.3. The van der Waals surface area contributed by atoms with Crippen molar-refractivity contribution in [3.63, 3.8) is 0 Å². The van der Waals surface area contributed by atoms with E-state index < -0.39 is 0 Å². The predicted octanol–water partition coefficient (Wildman–Crippen LogP) is 4.67. The number of amides is 1. The average Bonchev–Trinajstić information content (AvgIpc) is 3.38. The molecule has 7 nitrogen and oxygen atoms in total. The van der Waals surface area contributed by atoms with Crippen LogP contribution in [0.1, 0.15) is 40.4 Å². The van der Waals surface area contributed by atoms with Crippen LogP contribution in [0.5, 0.6) is 11.6 Å². The highest BCUT2D eigenvalue weighted by Gasteiger charge is 2.29. The lowest BCUT2D eigenvalue weighted by Gasteiger charge is -2.33. The van der Waals surface area contributed by atoms with E-state index in [0.717, 1.165) is 18.4 Å². The minimum absolute atomic E-state index is 0.0102. The SMILES string of the molecule is O=C(c1ccccc1Cn1cccn1)N1CCC[C@H](c2nccnc2Oc2cccc(F)c2)C1. The van der Waals surface area contributed by atoms with Gasteiger partial charge in [-0.05, 0) is 42.7 Å². The summed E-state index contributed by atoms with van der Waals surface area (Å²) in [5.41, 5.74) is 2.27. The number of hydrogen-bond donors (Lipinski definition) is 0. The van der Waals surface area contributed by atoms with Crippen molar-refractivity contribution in [3.8, 4) is 11.6 Å². The summed E-state index contributed by atoms with van der Waals surface area (Å²) in [4.78, 5) is 24.3. The molecule has 1 saturated heterocycles. The van der Waals surface area contributed by atoms with E-state index in [0.29, 0.717) is 42.5 Å².